The summed E-state index contributed by atoms with van der Waals surface area (Å²) in [5.41, 5.74) is 4.40. The lowest BCUT2D eigenvalue weighted by atomic mass is 10.1. The predicted octanol–water partition coefficient (Wildman–Crippen LogP) is 2.52. The molecule has 0 aliphatic rings. The van der Waals surface area contributed by atoms with Crippen LogP contribution in [0.3, 0.4) is 0 Å². The molecule has 18 heavy (non-hydrogen) atoms. The molecular weight excluding hydrogens is 224 g/mol. The van der Waals surface area contributed by atoms with Crippen molar-refractivity contribution in [1.29, 1.82) is 0 Å². The molecule has 1 heterocycles. The fraction of sp³-hybridized carbons (Fsp3) is 0.267. The van der Waals surface area contributed by atoms with Crippen molar-refractivity contribution in [2.75, 3.05) is 11.9 Å². The minimum absolute atomic E-state index is 0.0152. The lowest BCUT2D eigenvalue weighted by Gasteiger charge is -2.21. The number of benzene rings is 1. The van der Waals surface area contributed by atoms with E-state index in [0.29, 0.717) is 0 Å². The minimum atomic E-state index is 0.0152. The minimum Gasteiger partial charge on any atom is -0.392 e. The fourth-order valence-electron chi connectivity index (χ4n) is 2.08. The van der Waals surface area contributed by atoms with Crippen molar-refractivity contribution < 1.29 is 5.11 Å². The third-order valence-electron chi connectivity index (χ3n) is 2.96. The first kappa shape index (κ1) is 12.6. The molecular formula is C15H18N2O. The topological polar surface area (TPSA) is 36.4 Å². The summed E-state index contributed by atoms with van der Waals surface area (Å²) in [5, 5.41) is 9.31. The summed E-state index contributed by atoms with van der Waals surface area (Å²) in [6, 6.07) is 10.4. The van der Waals surface area contributed by atoms with Gasteiger partial charge in [0.05, 0.1) is 6.61 Å². The highest BCUT2D eigenvalue weighted by molar-refractivity contribution is 5.51. The van der Waals surface area contributed by atoms with Crippen molar-refractivity contribution in [2.45, 2.75) is 20.1 Å². The first-order valence-corrected chi connectivity index (χ1v) is 6.01. The quantitative estimate of drug-likeness (QED) is 0.895. The van der Waals surface area contributed by atoms with Crippen LogP contribution in [0.5, 0.6) is 0 Å². The van der Waals surface area contributed by atoms with Gasteiger partial charge in [-0.3, -0.25) is 4.98 Å². The van der Waals surface area contributed by atoms with Gasteiger partial charge in [-0.1, -0.05) is 29.8 Å². The largest absolute Gasteiger partial charge is 0.392 e. The number of pyridine rings is 1. The maximum atomic E-state index is 9.31. The van der Waals surface area contributed by atoms with Crippen molar-refractivity contribution in [3.8, 4) is 0 Å². The molecule has 0 spiro atoms. The summed E-state index contributed by atoms with van der Waals surface area (Å²) in [5.74, 6) is 0. The van der Waals surface area contributed by atoms with Crippen molar-refractivity contribution in [2.24, 2.45) is 0 Å². The van der Waals surface area contributed by atoms with Crippen molar-refractivity contribution in [1.82, 2.24) is 4.98 Å². The van der Waals surface area contributed by atoms with E-state index in [4.69, 9.17) is 0 Å². The summed E-state index contributed by atoms with van der Waals surface area (Å²) >= 11 is 0. The van der Waals surface area contributed by atoms with Crippen LogP contribution in [0.25, 0.3) is 0 Å². The fourth-order valence-corrected chi connectivity index (χ4v) is 2.08. The highest BCUT2D eigenvalue weighted by Crippen LogP contribution is 2.20. The van der Waals surface area contributed by atoms with Gasteiger partial charge in [0.1, 0.15) is 0 Å². The highest BCUT2D eigenvalue weighted by Gasteiger charge is 2.07. The van der Waals surface area contributed by atoms with Crippen LogP contribution < -0.4 is 4.90 Å². The number of anilines is 1. The van der Waals surface area contributed by atoms with E-state index in [1.807, 2.05) is 13.1 Å². The smallest absolute Gasteiger partial charge is 0.0717 e. The Labute approximate surface area is 108 Å². The molecule has 94 valence electrons. The Bertz CT molecular complexity index is 525. The zero-order chi connectivity index (χ0) is 13.0. The van der Waals surface area contributed by atoms with Crippen LogP contribution in [-0.2, 0) is 13.2 Å². The van der Waals surface area contributed by atoms with E-state index in [1.165, 1.54) is 11.1 Å². The number of hydrogen-bond donors (Lipinski definition) is 1. The summed E-state index contributed by atoms with van der Waals surface area (Å²) in [6.07, 6.45) is 3.46. The van der Waals surface area contributed by atoms with Crippen LogP contribution in [-0.4, -0.2) is 17.1 Å². The molecule has 0 unspecified atom stereocenters. The third kappa shape index (κ3) is 2.87. The Morgan fingerprint density at radius 1 is 1.28 bits per heavy atom. The number of hydrogen-bond acceptors (Lipinski definition) is 3. The van der Waals surface area contributed by atoms with Crippen LogP contribution in [0, 0.1) is 6.92 Å². The normalized spacial score (nSPS) is 10.4. The average molecular weight is 242 g/mol. The Morgan fingerprint density at radius 2 is 2.11 bits per heavy atom. The van der Waals surface area contributed by atoms with Gasteiger partial charge in [-0.05, 0) is 18.6 Å². The number of nitrogens with zero attached hydrogens (tertiary/aromatic N) is 2. The zero-order valence-electron chi connectivity index (χ0n) is 10.8. The van der Waals surface area contributed by atoms with E-state index in [9.17, 15) is 5.11 Å². The van der Waals surface area contributed by atoms with E-state index in [0.717, 1.165) is 17.8 Å². The van der Waals surface area contributed by atoms with Crippen LogP contribution in [0.1, 0.15) is 16.7 Å². The number of aromatic nitrogens is 1. The standard InChI is InChI=1S/C15H18N2O/c1-12-4-3-5-13(8-12)10-17(2)15-6-7-16-9-14(15)11-18/h3-9,18H,10-11H2,1-2H3. The monoisotopic (exact) mass is 242 g/mol. The van der Waals surface area contributed by atoms with Gasteiger partial charge in [0, 0.05) is 37.2 Å². The molecule has 3 heteroatoms. The number of rotatable bonds is 4. The Hall–Kier alpha value is -1.87. The summed E-state index contributed by atoms with van der Waals surface area (Å²) in [6.45, 7) is 2.93. The van der Waals surface area contributed by atoms with Gasteiger partial charge in [0.25, 0.3) is 0 Å². The molecule has 0 aliphatic heterocycles. The Morgan fingerprint density at radius 3 is 2.83 bits per heavy atom. The van der Waals surface area contributed by atoms with Gasteiger partial charge in [-0.25, -0.2) is 0 Å². The van der Waals surface area contributed by atoms with E-state index >= 15 is 0 Å². The lowest BCUT2D eigenvalue weighted by molar-refractivity contribution is 0.281. The molecule has 1 aromatic carbocycles. The molecule has 1 aromatic heterocycles. The van der Waals surface area contributed by atoms with Gasteiger partial charge in [0.15, 0.2) is 0 Å². The summed E-state index contributed by atoms with van der Waals surface area (Å²) in [7, 11) is 2.02. The van der Waals surface area contributed by atoms with Gasteiger partial charge in [0.2, 0.25) is 0 Å². The first-order valence-electron chi connectivity index (χ1n) is 6.01. The second-order valence-electron chi connectivity index (χ2n) is 4.51. The molecule has 2 rings (SSSR count). The molecule has 0 saturated heterocycles. The third-order valence-corrected chi connectivity index (χ3v) is 2.96. The molecule has 0 aliphatic carbocycles. The SMILES string of the molecule is Cc1cccc(CN(C)c2ccncc2CO)c1. The van der Waals surface area contributed by atoms with Gasteiger partial charge >= 0.3 is 0 Å². The second-order valence-corrected chi connectivity index (χ2v) is 4.51. The molecule has 0 atom stereocenters. The first-order chi connectivity index (χ1) is 8.70. The van der Waals surface area contributed by atoms with Crippen molar-refractivity contribution in [3.63, 3.8) is 0 Å². The van der Waals surface area contributed by atoms with E-state index in [1.54, 1.807) is 12.4 Å². The lowest BCUT2D eigenvalue weighted by Crippen LogP contribution is -2.18. The van der Waals surface area contributed by atoms with E-state index < -0.39 is 0 Å². The maximum absolute atomic E-state index is 9.31. The number of aryl methyl sites for hydroxylation is 1. The molecule has 0 bridgehead atoms. The average Bonchev–Trinajstić information content (AvgIpc) is 2.38. The molecule has 0 saturated carbocycles. The Balaban J connectivity index is 2.19. The highest BCUT2D eigenvalue weighted by atomic mass is 16.3. The van der Waals surface area contributed by atoms with Gasteiger partial charge in [-0.15, -0.1) is 0 Å². The maximum Gasteiger partial charge on any atom is 0.0717 e. The number of aliphatic hydroxyl groups excluding tert-OH is 1. The zero-order valence-corrected chi connectivity index (χ0v) is 10.8. The molecule has 0 fully saturated rings. The molecule has 2 aromatic rings. The number of aliphatic hydroxyl groups is 1. The molecule has 1 N–H and O–H groups in total. The summed E-state index contributed by atoms with van der Waals surface area (Å²) < 4.78 is 0. The van der Waals surface area contributed by atoms with E-state index in [2.05, 4.69) is 41.1 Å². The van der Waals surface area contributed by atoms with Crippen molar-refractivity contribution >= 4 is 5.69 Å². The molecule has 0 amide bonds. The van der Waals surface area contributed by atoms with Crippen LogP contribution in [0.15, 0.2) is 42.7 Å². The molecule has 3 nitrogen and oxygen atoms in total. The second kappa shape index (κ2) is 5.65. The van der Waals surface area contributed by atoms with Crippen LogP contribution in [0.4, 0.5) is 5.69 Å². The van der Waals surface area contributed by atoms with Crippen molar-refractivity contribution in [3.05, 3.63) is 59.4 Å². The predicted molar refractivity (Wildman–Crippen MR) is 73.4 cm³/mol. The Kier molecular flexibility index (Phi) is 3.95. The molecule has 0 radical (unpaired) electrons. The van der Waals surface area contributed by atoms with Crippen LogP contribution in [0.2, 0.25) is 0 Å². The van der Waals surface area contributed by atoms with Crippen LogP contribution >= 0.6 is 0 Å². The van der Waals surface area contributed by atoms with Gasteiger partial charge < -0.3 is 10.0 Å². The van der Waals surface area contributed by atoms with Gasteiger partial charge in [-0.2, -0.15) is 0 Å². The van der Waals surface area contributed by atoms with E-state index in [-0.39, 0.29) is 6.61 Å². The summed E-state index contributed by atoms with van der Waals surface area (Å²) in [4.78, 5) is 6.16.